The van der Waals surface area contributed by atoms with E-state index in [0.717, 1.165) is 40.2 Å². The second-order valence-corrected chi connectivity index (χ2v) is 7.64. The Balaban J connectivity index is 1.88. The molecule has 1 aromatic heterocycles. The molecule has 3 rings (SSSR count). The van der Waals surface area contributed by atoms with Crippen LogP contribution in [-0.2, 0) is 20.9 Å². The lowest BCUT2D eigenvalue weighted by molar-refractivity contribution is -0.148. The van der Waals surface area contributed by atoms with Crippen molar-refractivity contribution in [1.82, 2.24) is 9.47 Å². The first kappa shape index (κ1) is 19.9. The number of ether oxygens (including phenoxy) is 1. The summed E-state index contributed by atoms with van der Waals surface area (Å²) < 4.78 is 6.82. The monoisotopic (exact) mass is 398 g/mol. The number of carbonyl (C=O) groups excluding carboxylic acids is 3. The Morgan fingerprint density at radius 2 is 1.89 bits per heavy atom. The number of nitrogens with zero attached hydrogens (tertiary/aromatic N) is 2. The minimum absolute atomic E-state index is 0.306. The molecule has 1 aromatic carbocycles. The van der Waals surface area contributed by atoms with E-state index >= 15 is 0 Å². The number of esters is 1. The molecule has 0 radical (unpaired) electrons. The molecule has 6 nitrogen and oxygen atoms in total. The van der Waals surface area contributed by atoms with Crippen LogP contribution in [0.15, 0.2) is 41.3 Å². The van der Waals surface area contributed by atoms with Crippen LogP contribution in [0.4, 0.5) is 4.79 Å². The maximum Gasteiger partial charge on any atom is 0.328 e. The number of hydrogen-bond donors (Lipinski definition) is 0. The van der Waals surface area contributed by atoms with Crippen LogP contribution >= 0.6 is 11.8 Å². The number of aromatic nitrogens is 1. The van der Waals surface area contributed by atoms with E-state index in [1.807, 2.05) is 38.1 Å². The summed E-state index contributed by atoms with van der Waals surface area (Å²) in [7, 11) is 1.23. The van der Waals surface area contributed by atoms with Crippen molar-refractivity contribution in [3.05, 3.63) is 63.8 Å². The molecule has 0 saturated carbocycles. The molecule has 0 N–H and O–H groups in total. The number of imide groups is 1. The van der Waals surface area contributed by atoms with E-state index in [1.54, 1.807) is 6.08 Å². The van der Waals surface area contributed by atoms with Crippen LogP contribution in [0.3, 0.4) is 0 Å². The van der Waals surface area contributed by atoms with Gasteiger partial charge in [-0.15, -0.1) is 0 Å². The Labute approximate surface area is 168 Å². The fourth-order valence-corrected chi connectivity index (χ4v) is 4.11. The third-order valence-electron chi connectivity index (χ3n) is 4.84. The van der Waals surface area contributed by atoms with Gasteiger partial charge in [0, 0.05) is 17.9 Å². The van der Waals surface area contributed by atoms with E-state index in [2.05, 4.69) is 21.4 Å². The molecule has 146 valence electrons. The van der Waals surface area contributed by atoms with Crippen LogP contribution in [0, 0.1) is 13.8 Å². The molecule has 1 aliphatic rings. The van der Waals surface area contributed by atoms with Crippen LogP contribution in [0.5, 0.6) is 0 Å². The Bertz CT molecular complexity index is 962. The number of carbonyl (C=O) groups is 3. The first-order chi connectivity index (χ1) is 13.3. The van der Waals surface area contributed by atoms with Crippen molar-refractivity contribution in [1.29, 1.82) is 0 Å². The summed E-state index contributed by atoms with van der Waals surface area (Å²) in [5, 5.41) is -0.466. The van der Waals surface area contributed by atoms with Crippen molar-refractivity contribution < 1.29 is 19.1 Å². The molecule has 0 spiro atoms. The standard InChI is InChI=1S/C21H22N2O4S/c1-13-10-17(14(2)22(13)12-16-8-6-5-7-9-16)11-18-19(24)23(21(26)28-18)15(3)20(25)27-4/h5-11,15H,12H2,1-4H3. The average molecular weight is 398 g/mol. The lowest BCUT2D eigenvalue weighted by Crippen LogP contribution is -2.42. The summed E-state index contributed by atoms with van der Waals surface area (Å²) in [6, 6.07) is 11.2. The van der Waals surface area contributed by atoms with Crippen molar-refractivity contribution in [2.45, 2.75) is 33.4 Å². The third kappa shape index (κ3) is 3.75. The fourth-order valence-electron chi connectivity index (χ4n) is 3.21. The second kappa shape index (κ2) is 8.06. The van der Waals surface area contributed by atoms with Crippen molar-refractivity contribution in [3.8, 4) is 0 Å². The molecule has 1 atom stereocenters. The van der Waals surface area contributed by atoms with E-state index in [-0.39, 0.29) is 0 Å². The van der Waals surface area contributed by atoms with Crippen molar-refractivity contribution in [2.75, 3.05) is 7.11 Å². The SMILES string of the molecule is COC(=O)C(C)N1C(=O)SC(=Cc2cc(C)n(Cc3ccccc3)c2C)C1=O. The Morgan fingerprint density at radius 3 is 2.54 bits per heavy atom. The van der Waals surface area contributed by atoms with Crippen molar-refractivity contribution in [2.24, 2.45) is 0 Å². The molecule has 1 aliphatic heterocycles. The smallest absolute Gasteiger partial charge is 0.328 e. The third-order valence-corrected chi connectivity index (χ3v) is 5.72. The van der Waals surface area contributed by atoms with Gasteiger partial charge in [-0.1, -0.05) is 30.3 Å². The van der Waals surface area contributed by atoms with Gasteiger partial charge in [-0.25, -0.2) is 4.79 Å². The van der Waals surface area contributed by atoms with E-state index in [1.165, 1.54) is 19.6 Å². The molecule has 2 aromatic rings. The Morgan fingerprint density at radius 1 is 1.21 bits per heavy atom. The molecule has 28 heavy (non-hydrogen) atoms. The number of hydrogen-bond acceptors (Lipinski definition) is 5. The number of amides is 2. The molecular weight excluding hydrogens is 376 g/mol. The minimum Gasteiger partial charge on any atom is -0.467 e. The molecule has 0 aliphatic carbocycles. The van der Waals surface area contributed by atoms with Gasteiger partial charge in [0.15, 0.2) is 0 Å². The predicted octanol–water partition coefficient (Wildman–Crippen LogP) is 3.75. The van der Waals surface area contributed by atoms with Gasteiger partial charge in [-0.2, -0.15) is 0 Å². The summed E-state index contributed by atoms with van der Waals surface area (Å²) in [4.78, 5) is 37.9. The van der Waals surface area contributed by atoms with Gasteiger partial charge in [0.1, 0.15) is 6.04 Å². The van der Waals surface area contributed by atoms with Crippen LogP contribution in [-0.4, -0.2) is 39.7 Å². The number of thioether (sulfide) groups is 1. The summed E-state index contributed by atoms with van der Waals surface area (Å²) in [6.07, 6.45) is 1.72. The van der Waals surface area contributed by atoms with E-state index in [0.29, 0.717) is 4.91 Å². The second-order valence-electron chi connectivity index (χ2n) is 6.65. The first-order valence-corrected chi connectivity index (χ1v) is 9.70. The highest BCUT2D eigenvalue weighted by atomic mass is 32.2. The first-order valence-electron chi connectivity index (χ1n) is 8.89. The molecule has 1 unspecified atom stereocenters. The van der Waals surface area contributed by atoms with Gasteiger partial charge < -0.3 is 9.30 Å². The van der Waals surface area contributed by atoms with Gasteiger partial charge in [0.25, 0.3) is 11.1 Å². The molecule has 0 bridgehead atoms. The number of aryl methyl sites for hydroxylation is 1. The van der Waals surface area contributed by atoms with Crippen LogP contribution < -0.4 is 0 Å². The lowest BCUT2D eigenvalue weighted by Gasteiger charge is -2.18. The van der Waals surface area contributed by atoms with Gasteiger partial charge >= 0.3 is 5.97 Å². The summed E-state index contributed by atoms with van der Waals surface area (Å²) >= 11 is 0.842. The molecule has 7 heteroatoms. The van der Waals surface area contributed by atoms with Gasteiger partial charge in [-0.05, 0) is 55.8 Å². The fraction of sp³-hybridized carbons (Fsp3) is 0.286. The van der Waals surface area contributed by atoms with E-state index < -0.39 is 23.2 Å². The Kier molecular flexibility index (Phi) is 5.74. The molecular formula is C21H22N2O4S. The number of benzene rings is 1. The van der Waals surface area contributed by atoms with E-state index in [9.17, 15) is 14.4 Å². The zero-order chi connectivity index (χ0) is 20.4. The maximum atomic E-state index is 12.7. The molecule has 2 heterocycles. The molecule has 1 saturated heterocycles. The van der Waals surface area contributed by atoms with Crippen molar-refractivity contribution in [3.63, 3.8) is 0 Å². The molecule has 1 fully saturated rings. The highest BCUT2D eigenvalue weighted by Crippen LogP contribution is 2.34. The topological polar surface area (TPSA) is 68.6 Å². The van der Waals surface area contributed by atoms with Gasteiger partial charge in [0.05, 0.1) is 12.0 Å². The summed E-state index contributed by atoms with van der Waals surface area (Å²) in [5.41, 5.74) is 4.14. The average Bonchev–Trinajstić information content (AvgIpc) is 3.11. The van der Waals surface area contributed by atoms with Crippen molar-refractivity contribution >= 4 is 35.0 Å². The van der Waals surface area contributed by atoms with Gasteiger partial charge in [0.2, 0.25) is 0 Å². The molecule has 2 amide bonds. The maximum absolute atomic E-state index is 12.7. The van der Waals surface area contributed by atoms with Gasteiger partial charge in [-0.3, -0.25) is 14.5 Å². The highest BCUT2D eigenvalue weighted by Gasteiger charge is 2.41. The van der Waals surface area contributed by atoms with Crippen LogP contribution in [0.1, 0.15) is 29.4 Å². The number of methoxy groups -OCH3 is 1. The quantitative estimate of drug-likeness (QED) is 0.567. The lowest BCUT2D eigenvalue weighted by atomic mass is 10.2. The normalized spacial score (nSPS) is 16.7. The Hall–Kier alpha value is -2.80. The van der Waals surface area contributed by atoms with E-state index in [4.69, 9.17) is 0 Å². The summed E-state index contributed by atoms with van der Waals surface area (Å²) in [6.45, 7) is 6.21. The largest absolute Gasteiger partial charge is 0.467 e. The summed E-state index contributed by atoms with van der Waals surface area (Å²) in [5.74, 6) is -1.09. The van der Waals surface area contributed by atoms with Crippen LogP contribution in [0.25, 0.3) is 6.08 Å². The highest BCUT2D eigenvalue weighted by molar-refractivity contribution is 8.18. The van der Waals surface area contributed by atoms with Crippen LogP contribution in [0.2, 0.25) is 0 Å². The zero-order valence-electron chi connectivity index (χ0n) is 16.3. The number of rotatable bonds is 5. The predicted molar refractivity (Wildman–Crippen MR) is 109 cm³/mol. The minimum atomic E-state index is -0.950. The zero-order valence-corrected chi connectivity index (χ0v) is 17.1.